The van der Waals surface area contributed by atoms with Crippen LogP contribution in [0.5, 0.6) is 0 Å². The molecule has 1 N–H and O–H groups in total. The van der Waals surface area contributed by atoms with Crippen molar-refractivity contribution in [3.63, 3.8) is 0 Å². The number of likely N-dealkylation sites (N-methyl/N-ethyl adjacent to an activating group) is 1. The van der Waals surface area contributed by atoms with E-state index < -0.39 is 15.9 Å². The molecule has 25 heavy (non-hydrogen) atoms. The molecule has 0 saturated carbocycles. The quantitative estimate of drug-likeness (QED) is 0.729. The van der Waals surface area contributed by atoms with Crippen LogP contribution in [0.3, 0.4) is 0 Å². The maximum absolute atomic E-state index is 13.2. The first kappa shape index (κ1) is 19.5. The maximum atomic E-state index is 13.2. The van der Waals surface area contributed by atoms with Gasteiger partial charge in [-0.2, -0.15) is 4.31 Å². The maximum Gasteiger partial charge on any atom is 0.244 e. The Kier molecular flexibility index (Phi) is 6.63. The van der Waals surface area contributed by atoms with E-state index in [0.717, 1.165) is 9.87 Å². The SMILES string of the molecule is CN(CC(=O)NCCc1ccc(F)c(Br)c1)S(=O)(=O)c1cccnc1. The van der Waals surface area contributed by atoms with Gasteiger partial charge in [0.1, 0.15) is 10.7 Å². The molecule has 1 aromatic carbocycles. The molecule has 0 atom stereocenters. The van der Waals surface area contributed by atoms with Crippen LogP contribution in [-0.2, 0) is 21.2 Å². The van der Waals surface area contributed by atoms with Gasteiger partial charge >= 0.3 is 0 Å². The highest BCUT2D eigenvalue weighted by Crippen LogP contribution is 2.17. The Morgan fingerprint density at radius 2 is 2.12 bits per heavy atom. The monoisotopic (exact) mass is 429 g/mol. The van der Waals surface area contributed by atoms with Crippen molar-refractivity contribution in [2.75, 3.05) is 20.1 Å². The number of amides is 1. The van der Waals surface area contributed by atoms with Crippen molar-refractivity contribution in [1.29, 1.82) is 0 Å². The van der Waals surface area contributed by atoms with Gasteiger partial charge in [-0.1, -0.05) is 6.07 Å². The minimum atomic E-state index is -3.76. The van der Waals surface area contributed by atoms with Gasteiger partial charge in [0.2, 0.25) is 15.9 Å². The van der Waals surface area contributed by atoms with E-state index >= 15 is 0 Å². The lowest BCUT2D eigenvalue weighted by molar-refractivity contribution is -0.121. The normalized spacial score (nSPS) is 11.5. The van der Waals surface area contributed by atoms with Gasteiger partial charge in [-0.3, -0.25) is 9.78 Å². The summed E-state index contributed by atoms with van der Waals surface area (Å²) in [5.41, 5.74) is 0.852. The molecule has 0 radical (unpaired) electrons. The number of rotatable bonds is 7. The molecular weight excluding hydrogens is 413 g/mol. The smallest absolute Gasteiger partial charge is 0.244 e. The number of carbonyl (C=O) groups is 1. The Labute approximate surface area is 154 Å². The first-order valence-corrected chi connectivity index (χ1v) is 9.61. The number of halogens is 2. The molecule has 0 aliphatic heterocycles. The largest absolute Gasteiger partial charge is 0.355 e. The summed E-state index contributed by atoms with van der Waals surface area (Å²) in [4.78, 5) is 15.7. The molecule has 0 bridgehead atoms. The number of nitrogens with zero attached hydrogens (tertiary/aromatic N) is 2. The van der Waals surface area contributed by atoms with Gasteiger partial charge in [0.25, 0.3) is 0 Å². The predicted octanol–water partition coefficient (Wildman–Crippen LogP) is 1.96. The van der Waals surface area contributed by atoms with E-state index in [1.807, 2.05) is 0 Å². The zero-order valence-electron chi connectivity index (χ0n) is 13.4. The van der Waals surface area contributed by atoms with Crippen LogP contribution in [0, 0.1) is 5.82 Å². The highest BCUT2D eigenvalue weighted by Gasteiger charge is 2.22. The number of aromatic nitrogens is 1. The Morgan fingerprint density at radius 3 is 2.76 bits per heavy atom. The van der Waals surface area contributed by atoms with Gasteiger partial charge in [-0.15, -0.1) is 0 Å². The Morgan fingerprint density at radius 1 is 1.36 bits per heavy atom. The van der Waals surface area contributed by atoms with E-state index in [2.05, 4.69) is 26.2 Å². The summed E-state index contributed by atoms with van der Waals surface area (Å²) in [6.45, 7) is 0.0159. The minimum absolute atomic E-state index is 0.0291. The Hall–Kier alpha value is -1.84. The van der Waals surface area contributed by atoms with Gasteiger partial charge in [-0.25, -0.2) is 12.8 Å². The van der Waals surface area contributed by atoms with E-state index in [-0.39, 0.29) is 17.3 Å². The lowest BCUT2D eigenvalue weighted by Crippen LogP contribution is -2.39. The number of sulfonamides is 1. The molecule has 1 aromatic heterocycles. The summed E-state index contributed by atoms with van der Waals surface area (Å²) in [6, 6.07) is 7.55. The van der Waals surface area contributed by atoms with Crippen LogP contribution in [0.1, 0.15) is 5.56 Å². The third-order valence-corrected chi connectivity index (χ3v) is 5.82. The Bertz CT molecular complexity index is 847. The molecule has 0 aliphatic rings. The molecule has 0 saturated heterocycles. The molecule has 2 aromatic rings. The molecule has 0 aliphatic carbocycles. The minimum Gasteiger partial charge on any atom is -0.355 e. The van der Waals surface area contributed by atoms with Crippen molar-refractivity contribution in [2.45, 2.75) is 11.3 Å². The van der Waals surface area contributed by atoms with Crippen molar-refractivity contribution in [3.8, 4) is 0 Å². The number of hydrogen-bond donors (Lipinski definition) is 1. The number of hydrogen-bond acceptors (Lipinski definition) is 4. The molecule has 2 rings (SSSR count). The zero-order valence-corrected chi connectivity index (χ0v) is 15.8. The summed E-state index contributed by atoms with van der Waals surface area (Å²) >= 11 is 3.10. The molecule has 134 valence electrons. The topological polar surface area (TPSA) is 79.4 Å². The second-order valence-electron chi connectivity index (χ2n) is 5.30. The van der Waals surface area contributed by atoms with Crippen molar-refractivity contribution >= 4 is 31.9 Å². The van der Waals surface area contributed by atoms with Gasteiger partial charge in [0.15, 0.2) is 0 Å². The molecule has 0 fully saturated rings. The summed E-state index contributed by atoms with van der Waals surface area (Å²) in [5, 5.41) is 2.65. The van der Waals surface area contributed by atoms with E-state index in [0.29, 0.717) is 17.4 Å². The third-order valence-electron chi connectivity index (χ3n) is 3.43. The van der Waals surface area contributed by atoms with Crippen molar-refractivity contribution in [3.05, 3.63) is 58.6 Å². The van der Waals surface area contributed by atoms with Crippen LogP contribution in [0.4, 0.5) is 4.39 Å². The summed E-state index contributed by atoms with van der Waals surface area (Å²) in [5.74, 6) is -0.772. The van der Waals surface area contributed by atoms with Gasteiger partial charge in [0, 0.05) is 26.0 Å². The van der Waals surface area contributed by atoms with E-state index in [4.69, 9.17) is 0 Å². The number of benzene rings is 1. The predicted molar refractivity (Wildman–Crippen MR) is 94.9 cm³/mol. The molecule has 6 nitrogen and oxygen atoms in total. The fourth-order valence-corrected chi connectivity index (χ4v) is 3.58. The van der Waals surface area contributed by atoms with Gasteiger partial charge < -0.3 is 5.32 Å². The Balaban J connectivity index is 1.86. The van der Waals surface area contributed by atoms with Crippen LogP contribution in [-0.4, -0.2) is 43.8 Å². The molecule has 0 unspecified atom stereocenters. The molecule has 0 spiro atoms. The van der Waals surface area contributed by atoms with Gasteiger partial charge in [-0.05, 0) is 52.2 Å². The second kappa shape index (κ2) is 8.50. The second-order valence-corrected chi connectivity index (χ2v) is 8.20. The third kappa shape index (κ3) is 5.32. The lowest BCUT2D eigenvalue weighted by Gasteiger charge is -2.16. The van der Waals surface area contributed by atoms with Crippen LogP contribution in [0.15, 0.2) is 52.1 Å². The van der Waals surface area contributed by atoms with E-state index in [1.54, 1.807) is 12.1 Å². The molecule has 9 heteroatoms. The highest BCUT2D eigenvalue weighted by atomic mass is 79.9. The fraction of sp³-hybridized carbons (Fsp3) is 0.250. The summed E-state index contributed by atoms with van der Waals surface area (Å²) < 4.78 is 39.1. The summed E-state index contributed by atoms with van der Waals surface area (Å²) in [6.07, 6.45) is 3.21. The van der Waals surface area contributed by atoms with Crippen LogP contribution >= 0.6 is 15.9 Å². The average molecular weight is 430 g/mol. The van der Waals surface area contributed by atoms with Crippen molar-refractivity contribution in [2.24, 2.45) is 0 Å². The van der Waals surface area contributed by atoms with E-state index in [1.165, 1.54) is 37.6 Å². The standard InChI is InChI=1S/C16H17BrFN3O3S/c1-21(25(23,24)13-3-2-7-19-10-13)11-16(22)20-8-6-12-4-5-15(18)14(17)9-12/h2-5,7,9-10H,6,8,11H2,1H3,(H,20,22). The number of nitrogens with one attached hydrogen (secondary N) is 1. The first-order valence-electron chi connectivity index (χ1n) is 7.37. The van der Waals surface area contributed by atoms with Crippen LogP contribution in [0.25, 0.3) is 0 Å². The van der Waals surface area contributed by atoms with Gasteiger partial charge in [0.05, 0.1) is 11.0 Å². The fourth-order valence-electron chi connectivity index (χ4n) is 2.06. The van der Waals surface area contributed by atoms with Crippen LogP contribution < -0.4 is 5.32 Å². The molecule has 1 amide bonds. The molecule has 1 heterocycles. The highest BCUT2D eigenvalue weighted by molar-refractivity contribution is 9.10. The average Bonchev–Trinajstić information content (AvgIpc) is 2.58. The van der Waals surface area contributed by atoms with Crippen molar-refractivity contribution in [1.82, 2.24) is 14.6 Å². The first-order chi connectivity index (χ1) is 11.8. The molecular formula is C16H17BrFN3O3S. The van der Waals surface area contributed by atoms with Crippen LogP contribution in [0.2, 0.25) is 0 Å². The lowest BCUT2D eigenvalue weighted by atomic mass is 10.1. The summed E-state index contributed by atoms with van der Waals surface area (Å²) in [7, 11) is -2.43. The number of carbonyl (C=O) groups excluding carboxylic acids is 1. The van der Waals surface area contributed by atoms with E-state index in [9.17, 15) is 17.6 Å². The zero-order chi connectivity index (χ0) is 18.4. The number of pyridine rings is 1. The van der Waals surface area contributed by atoms with Crippen molar-refractivity contribution < 1.29 is 17.6 Å².